The first-order valence-electron chi connectivity index (χ1n) is 7.24. The Morgan fingerprint density at radius 1 is 1.45 bits per heavy atom. The van der Waals surface area contributed by atoms with Crippen LogP contribution in [0, 0.1) is 5.92 Å². The Kier molecular flexibility index (Phi) is 6.55. The number of benzene rings is 1. The quantitative estimate of drug-likeness (QED) is 0.747. The second-order valence-electron chi connectivity index (χ2n) is 5.29. The van der Waals surface area contributed by atoms with E-state index < -0.39 is 6.10 Å². The Labute approximate surface area is 140 Å². The van der Waals surface area contributed by atoms with Gasteiger partial charge in [0.25, 0.3) is 0 Å². The second kappa shape index (κ2) is 8.42. The van der Waals surface area contributed by atoms with Gasteiger partial charge >= 0.3 is 0 Å². The van der Waals surface area contributed by atoms with Crippen LogP contribution in [-0.4, -0.2) is 30.3 Å². The van der Waals surface area contributed by atoms with Crippen LogP contribution in [0.3, 0.4) is 0 Å². The molecule has 2 N–H and O–H groups in total. The molecule has 0 spiro atoms. The third-order valence-corrected chi connectivity index (χ3v) is 4.24. The molecule has 2 rings (SSSR count). The zero-order valence-corrected chi connectivity index (χ0v) is 13.6. The second-order valence-corrected chi connectivity index (χ2v) is 6.08. The smallest absolute Gasteiger partial charge is 0.220 e. The number of allylic oxidation sites excluding steroid dienone is 2. The molecule has 0 saturated carbocycles. The van der Waals surface area contributed by atoms with E-state index in [4.69, 9.17) is 27.9 Å². The summed E-state index contributed by atoms with van der Waals surface area (Å²) < 4.78 is 5.42. The molecule has 0 bridgehead atoms. The maximum Gasteiger partial charge on any atom is 0.220 e. The van der Waals surface area contributed by atoms with Gasteiger partial charge in [0.2, 0.25) is 5.91 Å². The average Bonchev–Trinajstić information content (AvgIpc) is 2.99. The lowest BCUT2D eigenvalue weighted by atomic mass is 10.1. The van der Waals surface area contributed by atoms with Crippen molar-refractivity contribution in [3.8, 4) is 5.75 Å². The molecule has 0 radical (unpaired) electrons. The first kappa shape index (κ1) is 17.1. The van der Waals surface area contributed by atoms with Gasteiger partial charge in [0.05, 0.1) is 5.02 Å². The van der Waals surface area contributed by atoms with Crippen LogP contribution in [0.4, 0.5) is 0 Å². The Hall–Kier alpha value is -1.23. The Morgan fingerprint density at radius 3 is 3.00 bits per heavy atom. The minimum absolute atomic E-state index is 0.0314. The molecule has 0 saturated heterocycles. The molecular weight excluding hydrogens is 325 g/mol. The molecule has 6 heteroatoms. The van der Waals surface area contributed by atoms with Crippen LogP contribution in [0.15, 0.2) is 30.4 Å². The average molecular weight is 344 g/mol. The molecule has 1 aromatic rings. The highest BCUT2D eigenvalue weighted by Crippen LogP contribution is 2.31. The van der Waals surface area contributed by atoms with Crippen LogP contribution in [0.2, 0.25) is 10.0 Å². The monoisotopic (exact) mass is 343 g/mol. The summed E-state index contributed by atoms with van der Waals surface area (Å²) in [6.07, 6.45) is 5.87. The van der Waals surface area contributed by atoms with Crippen molar-refractivity contribution in [1.29, 1.82) is 0 Å². The van der Waals surface area contributed by atoms with Crippen molar-refractivity contribution in [3.63, 3.8) is 0 Å². The number of carbonyl (C=O) groups is 1. The van der Waals surface area contributed by atoms with E-state index in [1.165, 1.54) is 0 Å². The molecule has 0 aliphatic heterocycles. The lowest BCUT2D eigenvalue weighted by Crippen LogP contribution is -2.35. The molecule has 0 aromatic heterocycles. The van der Waals surface area contributed by atoms with Crippen LogP contribution in [0.5, 0.6) is 5.75 Å². The van der Waals surface area contributed by atoms with Crippen molar-refractivity contribution in [2.45, 2.75) is 25.4 Å². The molecule has 2 atom stereocenters. The van der Waals surface area contributed by atoms with E-state index >= 15 is 0 Å². The van der Waals surface area contributed by atoms with E-state index in [-0.39, 0.29) is 19.1 Å². The summed E-state index contributed by atoms with van der Waals surface area (Å²) in [5, 5.41) is 13.3. The topological polar surface area (TPSA) is 58.6 Å². The summed E-state index contributed by atoms with van der Waals surface area (Å²) in [6, 6.07) is 5.05. The van der Waals surface area contributed by atoms with E-state index in [0.29, 0.717) is 28.1 Å². The summed E-state index contributed by atoms with van der Waals surface area (Å²) >= 11 is 11.9. The van der Waals surface area contributed by atoms with E-state index in [0.717, 1.165) is 12.8 Å². The van der Waals surface area contributed by atoms with E-state index in [1.807, 2.05) is 0 Å². The first-order chi connectivity index (χ1) is 10.6. The lowest BCUT2D eigenvalue weighted by Gasteiger charge is -2.15. The number of carbonyl (C=O) groups excluding carboxylic acids is 1. The molecule has 0 unspecified atom stereocenters. The fraction of sp³-hybridized carbons (Fsp3) is 0.438. The normalized spacial score (nSPS) is 18.2. The van der Waals surface area contributed by atoms with Gasteiger partial charge in [0.15, 0.2) is 0 Å². The number of halogens is 2. The fourth-order valence-electron chi connectivity index (χ4n) is 2.25. The van der Waals surface area contributed by atoms with Gasteiger partial charge in [-0.3, -0.25) is 4.79 Å². The number of aliphatic hydroxyl groups is 1. The molecule has 1 aromatic carbocycles. The van der Waals surface area contributed by atoms with Crippen molar-refractivity contribution >= 4 is 29.1 Å². The Bertz CT molecular complexity index is 548. The zero-order valence-electron chi connectivity index (χ0n) is 12.1. The van der Waals surface area contributed by atoms with Gasteiger partial charge in [0, 0.05) is 13.0 Å². The van der Waals surface area contributed by atoms with Crippen molar-refractivity contribution in [2.24, 2.45) is 5.92 Å². The van der Waals surface area contributed by atoms with Gasteiger partial charge in [0.1, 0.15) is 23.5 Å². The number of hydrogen-bond acceptors (Lipinski definition) is 3. The largest absolute Gasteiger partial charge is 0.489 e. The highest BCUT2D eigenvalue weighted by molar-refractivity contribution is 6.42. The standard InChI is InChI=1S/C16H19Cl2NO3/c17-13-6-3-7-14(16(13)18)22-10-12(20)9-19-15(21)8-11-4-1-2-5-11/h1,3-4,6-7,11-12,20H,2,5,8-10H2,(H,19,21)/t11-,12-/m1/s1. The van der Waals surface area contributed by atoms with Crippen LogP contribution in [-0.2, 0) is 4.79 Å². The number of nitrogens with one attached hydrogen (secondary N) is 1. The summed E-state index contributed by atoms with van der Waals surface area (Å²) in [4.78, 5) is 11.7. The van der Waals surface area contributed by atoms with Gasteiger partial charge in [-0.05, 0) is 30.9 Å². The third-order valence-electron chi connectivity index (χ3n) is 3.44. The minimum Gasteiger partial charge on any atom is -0.489 e. The number of aliphatic hydroxyl groups excluding tert-OH is 1. The summed E-state index contributed by atoms with van der Waals surface area (Å²) in [5.41, 5.74) is 0. The molecule has 1 aliphatic carbocycles. The highest BCUT2D eigenvalue weighted by Gasteiger charge is 2.15. The van der Waals surface area contributed by atoms with E-state index in [1.54, 1.807) is 18.2 Å². The SMILES string of the molecule is O=C(C[C@@H]1C=CCC1)NC[C@@H](O)COc1cccc(Cl)c1Cl. The first-order valence-corrected chi connectivity index (χ1v) is 8.00. The molecular formula is C16H19Cl2NO3. The summed E-state index contributed by atoms with van der Waals surface area (Å²) in [5.74, 6) is 0.672. The number of ether oxygens (including phenoxy) is 1. The van der Waals surface area contributed by atoms with Crippen LogP contribution in [0.1, 0.15) is 19.3 Å². The number of rotatable bonds is 7. The third kappa shape index (κ3) is 5.20. The number of amides is 1. The van der Waals surface area contributed by atoms with Crippen LogP contribution < -0.4 is 10.1 Å². The van der Waals surface area contributed by atoms with Crippen molar-refractivity contribution in [1.82, 2.24) is 5.32 Å². The lowest BCUT2D eigenvalue weighted by molar-refractivity contribution is -0.122. The summed E-state index contributed by atoms with van der Waals surface area (Å²) in [7, 11) is 0. The van der Waals surface area contributed by atoms with Gasteiger partial charge in [-0.1, -0.05) is 41.4 Å². The Balaban J connectivity index is 1.69. The van der Waals surface area contributed by atoms with Crippen molar-refractivity contribution < 1.29 is 14.6 Å². The van der Waals surface area contributed by atoms with Crippen molar-refractivity contribution in [3.05, 3.63) is 40.4 Å². The van der Waals surface area contributed by atoms with E-state index in [9.17, 15) is 9.90 Å². The molecule has 22 heavy (non-hydrogen) atoms. The highest BCUT2D eigenvalue weighted by atomic mass is 35.5. The van der Waals surface area contributed by atoms with Crippen molar-refractivity contribution in [2.75, 3.05) is 13.2 Å². The molecule has 4 nitrogen and oxygen atoms in total. The minimum atomic E-state index is -0.807. The summed E-state index contributed by atoms with van der Waals surface area (Å²) in [6.45, 7) is 0.178. The maximum absolute atomic E-state index is 11.7. The fourth-order valence-corrected chi connectivity index (χ4v) is 2.59. The predicted molar refractivity (Wildman–Crippen MR) is 87.5 cm³/mol. The van der Waals surface area contributed by atoms with Gasteiger partial charge < -0.3 is 15.2 Å². The van der Waals surface area contributed by atoms with Gasteiger partial charge in [-0.2, -0.15) is 0 Å². The number of hydrogen-bond donors (Lipinski definition) is 2. The maximum atomic E-state index is 11.7. The molecule has 0 heterocycles. The van der Waals surface area contributed by atoms with Gasteiger partial charge in [-0.15, -0.1) is 0 Å². The van der Waals surface area contributed by atoms with Crippen LogP contribution in [0.25, 0.3) is 0 Å². The Morgan fingerprint density at radius 2 is 2.27 bits per heavy atom. The van der Waals surface area contributed by atoms with Crippen LogP contribution >= 0.6 is 23.2 Å². The molecule has 1 amide bonds. The zero-order chi connectivity index (χ0) is 15.9. The predicted octanol–water partition coefficient (Wildman–Crippen LogP) is 3.21. The van der Waals surface area contributed by atoms with E-state index in [2.05, 4.69) is 17.5 Å². The van der Waals surface area contributed by atoms with Gasteiger partial charge in [-0.25, -0.2) is 0 Å². The molecule has 1 aliphatic rings. The molecule has 120 valence electrons. The molecule has 0 fully saturated rings.